The van der Waals surface area contributed by atoms with Gasteiger partial charge in [-0.15, -0.1) is 0 Å². The van der Waals surface area contributed by atoms with Gasteiger partial charge < -0.3 is 48.3 Å². The lowest BCUT2D eigenvalue weighted by molar-refractivity contribution is -0.142. The molecule has 4 aromatic rings. The molecule has 49 heavy (non-hydrogen) atoms. The fourth-order valence-corrected chi connectivity index (χ4v) is 5.35. The SMILES string of the molecule is NC(N)=NCCCC(NC(=O)C(Cc1c[nH]c2ccccc12)NC(=O)C(N)Cc1ccccc1)C(=O)NC(Cc1ccc(O)cc1)C(=O)O. The van der Waals surface area contributed by atoms with Crippen molar-refractivity contribution < 1.29 is 29.4 Å². The van der Waals surface area contributed by atoms with E-state index < -0.39 is 47.9 Å². The zero-order valence-electron chi connectivity index (χ0n) is 26.8. The van der Waals surface area contributed by atoms with Crippen LogP contribution in [0.2, 0.25) is 0 Å². The minimum atomic E-state index is -1.34. The molecular formula is C35H42N8O6. The Hall–Kier alpha value is -5.89. The van der Waals surface area contributed by atoms with Gasteiger partial charge in [-0.3, -0.25) is 19.4 Å². The van der Waals surface area contributed by atoms with E-state index in [1.54, 1.807) is 18.3 Å². The van der Waals surface area contributed by atoms with Crippen molar-refractivity contribution >= 4 is 40.6 Å². The quantitative estimate of drug-likeness (QED) is 0.0437. The van der Waals surface area contributed by atoms with Gasteiger partial charge in [0.05, 0.1) is 6.04 Å². The molecule has 258 valence electrons. The first-order chi connectivity index (χ1) is 23.5. The van der Waals surface area contributed by atoms with Crippen molar-refractivity contribution in [2.45, 2.75) is 56.3 Å². The molecule has 4 unspecified atom stereocenters. The zero-order chi connectivity index (χ0) is 35.3. The van der Waals surface area contributed by atoms with E-state index >= 15 is 0 Å². The van der Waals surface area contributed by atoms with Crippen molar-refractivity contribution in [1.82, 2.24) is 20.9 Å². The van der Waals surface area contributed by atoms with Crippen molar-refractivity contribution in [2.24, 2.45) is 22.2 Å². The first-order valence-corrected chi connectivity index (χ1v) is 15.8. The van der Waals surface area contributed by atoms with Crippen molar-refractivity contribution in [3.8, 4) is 5.75 Å². The molecule has 4 rings (SSSR count). The van der Waals surface area contributed by atoms with E-state index in [0.29, 0.717) is 5.56 Å². The largest absolute Gasteiger partial charge is 0.508 e. The molecule has 0 spiro atoms. The Kier molecular flexibility index (Phi) is 12.7. The van der Waals surface area contributed by atoms with Gasteiger partial charge in [0.25, 0.3) is 0 Å². The number of guanidine groups is 1. The van der Waals surface area contributed by atoms with Crippen molar-refractivity contribution in [3.63, 3.8) is 0 Å². The summed E-state index contributed by atoms with van der Waals surface area (Å²) in [5, 5.41) is 28.3. The van der Waals surface area contributed by atoms with E-state index in [-0.39, 0.29) is 50.4 Å². The van der Waals surface area contributed by atoms with Crippen LogP contribution in [0.15, 0.2) is 90.1 Å². The number of para-hydroxylation sites is 1. The van der Waals surface area contributed by atoms with Crippen LogP contribution in [-0.2, 0) is 38.4 Å². The molecule has 0 saturated carbocycles. The minimum Gasteiger partial charge on any atom is -0.508 e. The van der Waals surface area contributed by atoms with E-state index in [0.717, 1.165) is 22.0 Å². The van der Waals surface area contributed by atoms with E-state index in [1.807, 2.05) is 54.6 Å². The highest BCUT2D eigenvalue weighted by Crippen LogP contribution is 2.20. The second-order valence-electron chi connectivity index (χ2n) is 11.7. The van der Waals surface area contributed by atoms with Gasteiger partial charge in [-0.1, -0.05) is 60.7 Å². The predicted molar refractivity (Wildman–Crippen MR) is 185 cm³/mol. The van der Waals surface area contributed by atoms with E-state index in [4.69, 9.17) is 17.2 Å². The number of aromatic hydroxyl groups is 1. The standard InChI is InChI=1S/C35H42N8O6/c36-26(17-21-7-2-1-3-8-21)31(45)42-29(19-23-20-40-27-10-5-4-9-25(23)27)33(47)41-28(11-6-16-39-35(37)38)32(46)43-30(34(48)49)18-22-12-14-24(44)15-13-22/h1-5,7-10,12-15,20,26,28-30,40,44H,6,11,16-19,36H2,(H,41,47)(H,42,45)(H,43,46)(H,48,49)(H4,37,38,39). The number of nitrogens with one attached hydrogen (secondary N) is 4. The molecule has 3 amide bonds. The average molecular weight is 671 g/mol. The number of phenols is 1. The topological polar surface area (TPSA) is 251 Å². The summed E-state index contributed by atoms with van der Waals surface area (Å²) < 4.78 is 0. The monoisotopic (exact) mass is 670 g/mol. The van der Waals surface area contributed by atoms with Gasteiger partial charge in [0.1, 0.15) is 23.9 Å². The van der Waals surface area contributed by atoms with Crippen LogP contribution in [0.5, 0.6) is 5.75 Å². The third-order valence-corrected chi connectivity index (χ3v) is 7.94. The normalized spacial score (nSPS) is 13.4. The van der Waals surface area contributed by atoms with Gasteiger partial charge in [0, 0.05) is 36.5 Å². The van der Waals surface area contributed by atoms with Crippen LogP contribution in [0.4, 0.5) is 0 Å². The van der Waals surface area contributed by atoms with Gasteiger partial charge in [-0.05, 0) is 54.2 Å². The molecule has 14 heteroatoms. The fourth-order valence-electron chi connectivity index (χ4n) is 5.35. The predicted octanol–water partition coefficient (Wildman–Crippen LogP) is 0.821. The third-order valence-electron chi connectivity index (χ3n) is 7.94. The van der Waals surface area contributed by atoms with E-state index in [1.165, 1.54) is 12.1 Å². The number of carboxylic acids is 1. The summed E-state index contributed by atoms with van der Waals surface area (Å²) in [6, 6.07) is 18.0. The first kappa shape index (κ1) is 36.0. The number of nitrogens with two attached hydrogens (primary N) is 3. The van der Waals surface area contributed by atoms with E-state index in [2.05, 4.69) is 25.9 Å². The molecule has 3 aromatic carbocycles. The summed E-state index contributed by atoms with van der Waals surface area (Å²) in [7, 11) is 0. The summed E-state index contributed by atoms with van der Waals surface area (Å²) in [6.45, 7) is 0.154. The molecule has 0 aliphatic heterocycles. The highest BCUT2D eigenvalue weighted by Gasteiger charge is 2.31. The molecule has 0 aliphatic rings. The zero-order valence-corrected chi connectivity index (χ0v) is 26.8. The van der Waals surface area contributed by atoms with Crippen LogP contribution < -0.4 is 33.2 Å². The maximum absolute atomic E-state index is 14.0. The molecule has 1 heterocycles. The number of carbonyl (C=O) groups excluding carboxylic acids is 3. The lowest BCUT2D eigenvalue weighted by atomic mass is 10.0. The van der Waals surface area contributed by atoms with Gasteiger partial charge in [0.2, 0.25) is 17.7 Å². The van der Waals surface area contributed by atoms with Crippen molar-refractivity contribution in [3.05, 3.63) is 102 Å². The Bertz CT molecular complexity index is 1750. The molecule has 0 radical (unpaired) electrons. The molecule has 0 aliphatic carbocycles. The Labute approximate surface area is 283 Å². The van der Waals surface area contributed by atoms with Crippen LogP contribution in [0.3, 0.4) is 0 Å². The molecule has 0 bridgehead atoms. The van der Waals surface area contributed by atoms with Gasteiger partial charge in [-0.25, -0.2) is 4.79 Å². The van der Waals surface area contributed by atoms with Crippen LogP contribution in [-0.4, -0.2) is 75.6 Å². The number of rotatable bonds is 17. The highest BCUT2D eigenvalue weighted by atomic mass is 16.4. The van der Waals surface area contributed by atoms with Crippen LogP contribution in [0.25, 0.3) is 10.9 Å². The number of aromatic nitrogens is 1. The van der Waals surface area contributed by atoms with Gasteiger partial charge >= 0.3 is 5.97 Å². The molecule has 4 atom stereocenters. The Morgan fingerprint density at radius 1 is 0.735 bits per heavy atom. The van der Waals surface area contributed by atoms with E-state index in [9.17, 15) is 29.4 Å². The second-order valence-corrected chi connectivity index (χ2v) is 11.7. The maximum atomic E-state index is 14.0. The summed E-state index contributed by atoms with van der Waals surface area (Å²) in [4.78, 5) is 60.1. The molecule has 1 aromatic heterocycles. The number of carboxylic acid groups (broad SMARTS) is 1. The smallest absolute Gasteiger partial charge is 0.326 e. The van der Waals surface area contributed by atoms with Gasteiger partial charge in [0.15, 0.2) is 5.96 Å². The number of aliphatic carboxylic acids is 1. The number of nitrogens with zero attached hydrogens (tertiary/aromatic N) is 1. The Morgan fingerprint density at radius 3 is 2.04 bits per heavy atom. The number of hydrogen-bond donors (Lipinski definition) is 9. The molecular weight excluding hydrogens is 628 g/mol. The summed E-state index contributed by atoms with van der Waals surface area (Å²) >= 11 is 0. The number of hydrogen-bond acceptors (Lipinski definition) is 7. The molecule has 12 N–H and O–H groups in total. The number of aromatic amines is 1. The number of amides is 3. The number of fused-ring (bicyclic) bond motifs is 1. The number of phenolic OH excluding ortho intramolecular Hbond substituents is 1. The second kappa shape index (κ2) is 17.3. The van der Waals surface area contributed by atoms with Crippen molar-refractivity contribution in [2.75, 3.05) is 6.54 Å². The molecule has 0 fully saturated rings. The summed E-state index contributed by atoms with van der Waals surface area (Å²) in [5.74, 6) is -3.39. The Balaban J connectivity index is 1.55. The fraction of sp³-hybridized carbons (Fsp3) is 0.286. The highest BCUT2D eigenvalue weighted by molar-refractivity contribution is 5.95. The number of H-pyrrole nitrogens is 1. The third kappa shape index (κ3) is 10.8. The molecule has 0 saturated heterocycles. The van der Waals surface area contributed by atoms with Crippen molar-refractivity contribution in [1.29, 1.82) is 0 Å². The number of carbonyl (C=O) groups is 4. The Morgan fingerprint density at radius 2 is 1.35 bits per heavy atom. The first-order valence-electron chi connectivity index (χ1n) is 15.8. The van der Waals surface area contributed by atoms with Gasteiger partial charge in [-0.2, -0.15) is 0 Å². The van der Waals surface area contributed by atoms with Crippen LogP contribution in [0, 0.1) is 0 Å². The minimum absolute atomic E-state index is 0.0125. The van der Waals surface area contributed by atoms with Crippen LogP contribution >= 0.6 is 0 Å². The summed E-state index contributed by atoms with van der Waals surface area (Å²) in [5.41, 5.74) is 20.1. The number of aliphatic imine (C=N–C) groups is 1. The lowest BCUT2D eigenvalue weighted by Crippen LogP contribution is -2.58. The number of benzene rings is 3. The maximum Gasteiger partial charge on any atom is 0.326 e. The summed E-state index contributed by atoms with van der Waals surface area (Å²) in [6.07, 6.45) is 2.31. The lowest BCUT2D eigenvalue weighted by Gasteiger charge is -2.25. The molecule has 14 nitrogen and oxygen atoms in total. The van der Waals surface area contributed by atoms with Crippen LogP contribution in [0.1, 0.15) is 29.5 Å². The average Bonchev–Trinajstić information content (AvgIpc) is 3.49.